The fourth-order valence-corrected chi connectivity index (χ4v) is 3.09. The molecule has 1 aliphatic heterocycles. The zero-order chi connectivity index (χ0) is 19.1. The number of carbonyl (C=O) groups is 2. The number of hydrogen-bond donors (Lipinski definition) is 2. The maximum absolute atomic E-state index is 13.0. The summed E-state index contributed by atoms with van der Waals surface area (Å²) in [7, 11) is 0. The molecular formula is C20H29NO4. The van der Waals surface area contributed by atoms with Crippen molar-refractivity contribution in [1.29, 1.82) is 0 Å². The van der Waals surface area contributed by atoms with Gasteiger partial charge in [0.1, 0.15) is 0 Å². The molecular weight excluding hydrogens is 318 g/mol. The van der Waals surface area contributed by atoms with Crippen LogP contribution in [-0.2, 0) is 20.9 Å². The van der Waals surface area contributed by atoms with Crippen LogP contribution < -0.4 is 5.32 Å². The summed E-state index contributed by atoms with van der Waals surface area (Å²) in [4.78, 5) is 25.6. The van der Waals surface area contributed by atoms with Gasteiger partial charge in [-0.1, -0.05) is 71.9 Å². The minimum atomic E-state index is -1.70. The summed E-state index contributed by atoms with van der Waals surface area (Å²) in [6.07, 6.45) is -0.0630. The Labute approximate surface area is 149 Å². The lowest BCUT2D eigenvalue weighted by Crippen LogP contribution is -2.56. The van der Waals surface area contributed by atoms with Gasteiger partial charge in [-0.3, -0.25) is 4.79 Å². The molecule has 2 N–H and O–H groups in total. The summed E-state index contributed by atoms with van der Waals surface area (Å²) in [5, 5.41) is 13.8. The second-order valence-corrected chi connectivity index (χ2v) is 8.92. The highest BCUT2D eigenvalue weighted by atomic mass is 16.6. The average Bonchev–Trinajstić information content (AvgIpc) is 2.79. The summed E-state index contributed by atoms with van der Waals surface area (Å²) in [6.45, 7) is 11.2. The molecule has 25 heavy (non-hydrogen) atoms. The van der Waals surface area contributed by atoms with Crippen LogP contribution in [0, 0.1) is 10.8 Å². The first-order chi connectivity index (χ1) is 11.3. The number of aliphatic hydroxyl groups is 1. The van der Waals surface area contributed by atoms with Crippen molar-refractivity contribution in [2.24, 2.45) is 10.8 Å². The maximum atomic E-state index is 13.0. The highest BCUT2D eigenvalue weighted by Crippen LogP contribution is 2.51. The summed E-state index contributed by atoms with van der Waals surface area (Å²) >= 11 is 0. The molecule has 0 radical (unpaired) electrons. The lowest BCUT2D eigenvalue weighted by Gasteiger charge is -2.40. The van der Waals surface area contributed by atoms with Crippen LogP contribution in [0.3, 0.4) is 0 Å². The summed E-state index contributed by atoms with van der Waals surface area (Å²) in [6, 6.07) is 9.53. The van der Waals surface area contributed by atoms with Crippen LogP contribution in [0.4, 0.5) is 0 Å². The van der Waals surface area contributed by atoms with Crippen molar-refractivity contribution < 1.29 is 19.4 Å². The van der Waals surface area contributed by atoms with Crippen molar-refractivity contribution in [3.05, 3.63) is 35.9 Å². The SMILES string of the molecule is CC(C)(C)[C@@]1(C(=O)NCc2ccccc2)C[C@@](O)(C(C)(C)C)C(=O)O1. The van der Waals surface area contributed by atoms with Gasteiger partial charge in [0.15, 0.2) is 11.2 Å². The molecule has 5 heteroatoms. The summed E-state index contributed by atoms with van der Waals surface area (Å²) in [5.41, 5.74) is -3.57. The molecule has 1 fully saturated rings. The number of benzene rings is 1. The average molecular weight is 347 g/mol. The van der Waals surface area contributed by atoms with E-state index >= 15 is 0 Å². The number of hydrogen-bond acceptors (Lipinski definition) is 4. The molecule has 0 unspecified atom stereocenters. The molecule has 0 spiro atoms. The van der Waals surface area contributed by atoms with Gasteiger partial charge < -0.3 is 15.2 Å². The van der Waals surface area contributed by atoms with E-state index in [4.69, 9.17) is 4.74 Å². The van der Waals surface area contributed by atoms with Gasteiger partial charge in [-0.25, -0.2) is 4.79 Å². The van der Waals surface area contributed by atoms with Crippen LogP contribution in [0.1, 0.15) is 53.5 Å². The van der Waals surface area contributed by atoms with E-state index in [1.807, 2.05) is 51.1 Å². The van der Waals surface area contributed by atoms with E-state index in [0.717, 1.165) is 5.56 Å². The Morgan fingerprint density at radius 1 is 1.12 bits per heavy atom. The Morgan fingerprint density at radius 2 is 1.68 bits per heavy atom. The first kappa shape index (κ1) is 19.4. The molecule has 5 nitrogen and oxygen atoms in total. The number of nitrogens with one attached hydrogen (secondary N) is 1. The quantitative estimate of drug-likeness (QED) is 0.825. The van der Waals surface area contributed by atoms with Gasteiger partial charge in [-0.2, -0.15) is 0 Å². The Bertz CT molecular complexity index is 657. The molecule has 0 aromatic heterocycles. The topological polar surface area (TPSA) is 75.6 Å². The fourth-order valence-electron chi connectivity index (χ4n) is 3.09. The zero-order valence-electron chi connectivity index (χ0n) is 16.0. The van der Waals surface area contributed by atoms with Gasteiger partial charge in [0.2, 0.25) is 0 Å². The Kier molecular flexibility index (Phi) is 4.77. The number of esters is 1. The van der Waals surface area contributed by atoms with Gasteiger partial charge in [-0.15, -0.1) is 0 Å². The third-order valence-electron chi connectivity index (χ3n) is 5.22. The van der Waals surface area contributed by atoms with E-state index in [9.17, 15) is 14.7 Å². The number of amides is 1. The molecule has 2 rings (SSSR count). The molecule has 0 saturated carbocycles. The molecule has 1 aromatic rings. The molecule has 0 aliphatic carbocycles. The predicted octanol–water partition coefficient (Wildman–Crippen LogP) is 2.81. The predicted molar refractivity (Wildman–Crippen MR) is 95.6 cm³/mol. The van der Waals surface area contributed by atoms with Crippen molar-refractivity contribution in [1.82, 2.24) is 5.32 Å². The second kappa shape index (κ2) is 6.13. The summed E-state index contributed by atoms with van der Waals surface area (Å²) < 4.78 is 5.60. The van der Waals surface area contributed by atoms with E-state index in [2.05, 4.69) is 5.32 Å². The number of ether oxygens (including phenoxy) is 1. The maximum Gasteiger partial charge on any atom is 0.339 e. The number of cyclic esters (lactones) is 1. The number of carbonyl (C=O) groups excluding carboxylic acids is 2. The number of rotatable bonds is 3. The fraction of sp³-hybridized carbons (Fsp3) is 0.600. The van der Waals surface area contributed by atoms with Crippen LogP contribution in [-0.4, -0.2) is 28.2 Å². The standard InChI is InChI=1S/C20H29NO4/c1-17(2,3)19(24)13-20(18(4,5)6,25-16(19)23)15(22)21-12-14-10-8-7-9-11-14/h7-11,24H,12-13H2,1-6H3,(H,21,22)/t19-,20-/m0/s1. The molecule has 1 aliphatic rings. The van der Waals surface area contributed by atoms with Gasteiger partial charge in [0.05, 0.1) is 0 Å². The normalized spacial score (nSPS) is 27.1. The van der Waals surface area contributed by atoms with E-state index in [0.29, 0.717) is 6.54 Å². The van der Waals surface area contributed by atoms with E-state index < -0.39 is 28.0 Å². The first-order valence-corrected chi connectivity index (χ1v) is 8.62. The Morgan fingerprint density at radius 3 is 2.12 bits per heavy atom. The van der Waals surface area contributed by atoms with Crippen LogP contribution in [0.25, 0.3) is 0 Å². The van der Waals surface area contributed by atoms with Crippen molar-refractivity contribution in [3.63, 3.8) is 0 Å². The second-order valence-electron chi connectivity index (χ2n) is 8.92. The molecule has 1 amide bonds. The van der Waals surface area contributed by atoms with E-state index in [1.165, 1.54) is 0 Å². The molecule has 1 aromatic carbocycles. The van der Waals surface area contributed by atoms with Gasteiger partial charge in [0, 0.05) is 23.8 Å². The molecule has 2 atom stereocenters. The molecule has 1 saturated heterocycles. The third kappa shape index (κ3) is 3.30. The minimum absolute atomic E-state index is 0.0630. The van der Waals surface area contributed by atoms with Gasteiger partial charge in [0.25, 0.3) is 5.91 Å². The molecule has 0 bridgehead atoms. The van der Waals surface area contributed by atoms with Crippen molar-refractivity contribution in [3.8, 4) is 0 Å². The van der Waals surface area contributed by atoms with Crippen molar-refractivity contribution >= 4 is 11.9 Å². The smallest absolute Gasteiger partial charge is 0.339 e. The lowest BCUT2D eigenvalue weighted by atomic mass is 9.66. The van der Waals surface area contributed by atoms with Crippen LogP contribution in [0.2, 0.25) is 0 Å². The van der Waals surface area contributed by atoms with E-state index in [1.54, 1.807) is 20.8 Å². The Hall–Kier alpha value is -1.88. The lowest BCUT2D eigenvalue weighted by molar-refractivity contribution is -0.175. The molecule has 1 heterocycles. The highest BCUT2D eigenvalue weighted by Gasteiger charge is 2.67. The van der Waals surface area contributed by atoms with Crippen LogP contribution in [0.5, 0.6) is 0 Å². The third-order valence-corrected chi connectivity index (χ3v) is 5.22. The van der Waals surface area contributed by atoms with Crippen LogP contribution >= 0.6 is 0 Å². The minimum Gasteiger partial charge on any atom is -0.446 e. The highest BCUT2D eigenvalue weighted by molar-refractivity contribution is 5.95. The van der Waals surface area contributed by atoms with Gasteiger partial charge in [-0.05, 0) is 5.56 Å². The van der Waals surface area contributed by atoms with E-state index in [-0.39, 0.29) is 12.3 Å². The largest absolute Gasteiger partial charge is 0.446 e. The summed E-state index contributed by atoms with van der Waals surface area (Å²) in [5.74, 6) is -1.11. The first-order valence-electron chi connectivity index (χ1n) is 8.62. The Balaban J connectivity index is 2.31. The monoisotopic (exact) mass is 347 g/mol. The van der Waals surface area contributed by atoms with Crippen molar-refractivity contribution in [2.45, 2.75) is 65.7 Å². The zero-order valence-corrected chi connectivity index (χ0v) is 16.0. The molecule has 138 valence electrons. The van der Waals surface area contributed by atoms with Gasteiger partial charge >= 0.3 is 5.97 Å². The van der Waals surface area contributed by atoms with Crippen molar-refractivity contribution in [2.75, 3.05) is 0 Å². The van der Waals surface area contributed by atoms with Crippen LogP contribution in [0.15, 0.2) is 30.3 Å².